The van der Waals surface area contributed by atoms with Crippen molar-refractivity contribution < 1.29 is 0 Å². The first-order valence-electron chi connectivity index (χ1n) is 5.96. The number of para-hydroxylation sites is 1. The van der Waals surface area contributed by atoms with Crippen LogP contribution in [0.4, 0.5) is 5.69 Å². The number of pyridine rings is 1. The van der Waals surface area contributed by atoms with Crippen molar-refractivity contribution in [1.82, 2.24) is 9.97 Å². The number of benzene rings is 1. The van der Waals surface area contributed by atoms with Crippen molar-refractivity contribution in [3.05, 3.63) is 52.2 Å². The van der Waals surface area contributed by atoms with Gasteiger partial charge in [-0.1, -0.05) is 12.1 Å². The van der Waals surface area contributed by atoms with Crippen molar-refractivity contribution >= 4 is 43.2 Å². The Morgan fingerprint density at radius 1 is 1.21 bits per heavy atom. The zero-order valence-electron chi connectivity index (χ0n) is 10.3. The zero-order chi connectivity index (χ0) is 13.2. The van der Waals surface area contributed by atoms with E-state index in [0.29, 0.717) is 0 Å². The fraction of sp³-hybridized carbons (Fsp3) is 0.143. The van der Waals surface area contributed by atoms with Crippen LogP contribution in [0.25, 0.3) is 10.2 Å². The number of nitrogens with zero attached hydrogens (tertiary/aromatic N) is 2. The van der Waals surface area contributed by atoms with Gasteiger partial charge in [-0.15, -0.1) is 11.3 Å². The largest absolute Gasteiger partial charge is 0.375 e. The lowest BCUT2D eigenvalue weighted by Gasteiger charge is -2.11. The van der Waals surface area contributed by atoms with E-state index in [1.807, 2.05) is 36.5 Å². The van der Waals surface area contributed by atoms with Crippen LogP contribution in [0.2, 0.25) is 0 Å². The molecule has 1 N–H and O–H groups in total. The minimum Gasteiger partial charge on any atom is -0.375 e. The number of nitrogens with one attached hydrogen (secondary N) is 1. The van der Waals surface area contributed by atoms with Gasteiger partial charge in [0.05, 0.1) is 28.1 Å². The summed E-state index contributed by atoms with van der Waals surface area (Å²) in [5, 5.41) is 4.50. The van der Waals surface area contributed by atoms with Crippen molar-refractivity contribution in [3.63, 3.8) is 0 Å². The average Bonchev–Trinajstić information content (AvgIpc) is 2.85. The lowest BCUT2D eigenvalue weighted by molar-refractivity contribution is 0.872. The number of hydrogen-bond donors (Lipinski definition) is 1. The van der Waals surface area contributed by atoms with Crippen molar-refractivity contribution in [2.45, 2.75) is 13.0 Å². The first-order valence-corrected chi connectivity index (χ1v) is 7.57. The Kier molecular flexibility index (Phi) is 3.48. The zero-order valence-corrected chi connectivity index (χ0v) is 12.7. The molecule has 1 atom stereocenters. The fourth-order valence-corrected chi connectivity index (χ4v) is 3.05. The van der Waals surface area contributed by atoms with E-state index in [-0.39, 0.29) is 6.04 Å². The molecule has 0 amide bonds. The van der Waals surface area contributed by atoms with Gasteiger partial charge >= 0.3 is 0 Å². The SMILES string of the molecule is CC(Nc1ccc(Br)nc1)c1nc2ccccc2s1. The predicted octanol–water partition coefficient (Wildman–Crippen LogP) is 4.63. The Labute approximate surface area is 123 Å². The number of thiazole rings is 1. The van der Waals surface area contributed by atoms with E-state index in [1.54, 1.807) is 11.3 Å². The maximum absolute atomic E-state index is 4.65. The molecule has 3 aromatic rings. The Morgan fingerprint density at radius 3 is 2.79 bits per heavy atom. The second kappa shape index (κ2) is 5.27. The molecule has 19 heavy (non-hydrogen) atoms. The third-order valence-electron chi connectivity index (χ3n) is 2.79. The molecular weight excluding hydrogens is 322 g/mol. The molecule has 3 nitrogen and oxygen atoms in total. The summed E-state index contributed by atoms with van der Waals surface area (Å²) in [7, 11) is 0. The Morgan fingerprint density at radius 2 is 2.05 bits per heavy atom. The smallest absolute Gasteiger partial charge is 0.116 e. The molecule has 0 fully saturated rings. The second-order valence-electron chi connectivity index (χ2n) is 4.26. The van der Waals surface area contributed by atoms with Gasteiger partial charge in [-0.25, -0.2) is 9.97 Å². The Bertz CT molecular complexity index is 660. The summed E-state index contributed by atoms with van der Waals surface area (Å²) in [5.41, 5.74) is 2.06. The van der Waals surface area contributed by atoms with Crippen LogP contribution in [0.1, 0.15) is 18.0 Å². The predicted molar refractivity (Wildman–Crippen MR) is 83.6 cm³/mol. The second-order valence-corrected chi connectivity index (χ2v) is 6.13. The van der Waals surface area contributed by atoms with Crippen LogP contribution in [0, 0.1) is 0 Å². The summed E-state index contributed by atoms with van der Waals surface area (Å²) in [4.78, 5) is 8.86. The highest BCUT2D eigenvalue weighted by molar-refractivity contribution is 9.10. The normalized spacial score (nSPS) is 12.5. The Hall–Kier alpha value is -1.46. The van der Waals surface area contributed by atoms with Crippen molar-refractivity contribution in [1.29, 1.82) is 0 Å². The maximum atomic E-state index is 4.65. The summed E-state index contributed by atoms with van der Waals surface area (Å²) in [5.74, 6) is 0. The van der Waals surface area contributed by atoms with E-state index in [0.717, 1.165) is 20.8 Å². The third-order valence-corrected chi connectivity index (χ3v) is 4.48. The van der Waals surface area contributed by atoms with Gasteiger partial charge in [0.2, 0.25) is 0 Å². The molecular formula is C14H12BrN3S. The van der Waals surface area contributed by atoms with E-state index >= 15 is 0 Å². The van der Waals surface area contributed by atoms with Gasteiger partial charge < -0.3 is 5.32 Å². The van der Waals surface area contributed by atoms with E-state index in [9.17, 15) is 0 Å². The molecule has 96 valence electrons. The molecule has 0 aliphatic heterocycles. The molecule has 1 unspecified atom stereocenters. The number of aromatic nitrogens is 2. The van der Waals surface area contributed by atoms with Gasteiger partial charge in [0.15, 0.2) is 0 Å². The number of rotatable bonds is 3. The van der Waals surface area contributed by atoms with Crippen LogP contribution in [-0.2, 0) is 0 Å². The fourth-order valence-electron chi connectivity index (χ4n) is 1.85. The van der Waals surface area contributed by atoms with Gasteiger partial charge in [0, 0.05) is 0 Å². The molecule has 0 spiro atoms. The highest BCUT2D eigenvalue weighted by Gasteiger charge is 2.11. The molecule has 0 bridgehead atoms. The van der Waals surface area contributed by atoms with Crippen LogP contribution in [0.3, 0.4) is 0 Å². The number of halogens is 1. The average molecular weight is 334 g/mol. The highest BCUT2D eigenvalue weighted by Crippen LogP contribution is 2.28. The summed E-state index contributed by atoms with van der Waals surface area (Å²) in [6.45, 7) is 2.11. The van der Waals surface area contributed by atoms with Gasteiger partial charge in [0.1, 0.15) is 9.61 Å². The monoisotopic (exact) mass is 333 g/mol. The van der Waals surface area contributed by atoms with Crippen LogP contribution in [0.5, 0.6) is 0 Å². The molecule has 2 heterocycles. The van der Waals surface area contributed by atoms with E-state index in [4.69, 9.17) is 0 Å². The van der Waals surface area contributed by atoms with Crippen LogP contribution in [0.15, 0.2) is 47.2 Å². The van der Waals surface area contributed by atoms with E-state index in [1.165, 1.54) is 4.70 Å². The first kappa shape index (κ1) is 12.6. The van der Waals surface area contributed by atoms with Crippen LogP contribution >= 0.6 is 27.3 Å². The summed E-state index contributed by atoms with van der Waals surface area (Å²) < 4.78 is 2.06. The topological polar surface area (TPSA) is 37.8 Å². The number of anilines is 1. The molecule has 0 aliphatic carbocycles. The minimum atomic E-state index is 0.167. The molecule has 2 aromatic heterocycles. The molecule has 0 saturated heterocycles. The minimum absolute atomic E-state index is 0.167. The Balaban J connectivity index is 1.83. The molecule has 0 aliphatic rings. The van der Waals surface area contributed by atoms with Crippen molar-refractivity contribution in [3.8, 4) is 0 Å². The molecule has 3 rings (SSSR count). The van der Waals surface area contributed by atoms with Gasteiger partial charge in [-0.3, -0.25) is 0 Å². The van der Waals surface area contributed by atoms with Gasteiger partial charge in [0.25, 0.3) is 0 Å². The summed E-state index contributed by atoms with van der Waals surface area (Å²) in [6, 6.07) is 12.3. The van der Waals surface area contributed by atoms with Crippen LogP contribution < -0.4 is 5.32 Å². The van der Waals surface area contributed by atoms with Gasteiger partial charge in [-0.05, 0) is 47.1 Å². The molecule has 0 saturated carbocycles. The van der Waals surface area contributed by atoms with Crippen LogP contribution in [-0.4, -0.2) is 9.97 Å². The highest BCUT2D eigenvalue weighted by atomic mass is 79.9. The van der Waals surface area contributed by atoms with E-state index < -0.39 is 0 Å². The lowest BCUT2D eigenvalue weighted by atomic mass is 10.3. The maximum Gasteiger partial charge on any atom is 0.116 e. The number of fused-ring (bicyclic) bond motifs is 1. The van der Waals surface area contributed by atoms with Crippen molar-refractivity contribution in [2.24, 2.45) is 0 Å². The lowest BCUT2D eigenvalue weighted by Crippen LogP contribution is -2.06. The standard InChI is InChI=1S/C14H12BrN3S/c1-9(17-10-6-7-13(15)16-8-10)14-18-11-4-2-3-5-12(11)19-14/h2-9,17H,1H3. The molecule has 1 aromatic carbocycles. The summed E-state index contributed by atoms with van der Waals surface area (Å²) >= 11 is 5.06. The van der Waals surface area contributed by atoms with Gasteiger partial charge in [-0.2, -0.15) is 0 Å². The quantitative estimate of drug-likeness (QED) is 0.710. The van der Waals surface area contributed by atoms with Crippen molar-refractivity contribution in [2.75, 3.05) is 5.32 Å². The first-order chi connectivity index (χ1) is 9.22. The molecule has 5 heteroatoms. The molecule has 0 radical (unpaired) electrons. The third kappa shape index (κ3) is 2.77. The number of hydrogen-bond acceptors (Lipinski definition) is 4. The van der Waals surface area contributed by atoms with E-state index in [2.05, 4.69) is 44.2 Å². The summed E-state index contributed by atoms with van der Waals surface area (Å²) in [6.07, 6.45) is 1.81.